The Morgan fingerprint density at radius 2 is 2.31 bits per heavy atom. The van der Waals surface area contributed by atoms with E-state index in [1.54, 1.807) is 0 Å². The summed E-state index contributed by atoms with van der Waals surface area (Å²) in [7, 11) is 0. The van der Waals surface area contributed by atoms with Crippen LogP contribution in [-0.4, -0.2) is 16.1 Å². The summed E-state index contributed by atoms with van der Waals surface area (Å²) in [6, 6.07) is 0. The van der Waals surface area contributed by atoms with E-state index in [0.717, 1.165) is 23.2 Å². The monoisotopic (exact) mass is 237 g/mol. The minimum Gasteiger partial charge on any atom is -0.477 e. The summed E-state index contributed by atoms with van der Waals surface area (Å²) >= 11 is 1.44. The van der Waals surface area contributed by atoms with Crippen LogP contribution >= 0.6 is 11.3 Å². The SMILES string of the molecule is CCCc1csc2[nH]cc(C(=O)O)c(=O)c12. The van der Waals surface area contributed by atoms with Crippen molar-refractivity contribution < 1.29 is 9.90 Å². The van der Waals surface area contributed by atoms with Crippen molar-refractivity contribution >= 4 is 27.5 Å². The number of rotatable bonds is 3. The second kappa shape index (κ2) is 4.09. The number of nitrogens with one attached hydrogen (secondary N) is 1. The molecule has 0 spiro atoms. The van der Waals surface area contributed by atoms with Gasteiger partial charge in [0.25, 0.3) is 0 Å². The maximum absolute atomic E-state index is 11.9. The zero-order valence-corrected chi connectivity index (χ0v) is 9.56. The van der Waals surface area contributed by atoms with Crippen molar-refractivity contribution in [3.05, 3.63) is 32.9 Å². The molecule has 0 aliphatic heterocycles. The Labute approximate surface area is 95.6 Å². The maximum atomic E-state index is 11.9. The molecule has 84 valence electrons. The van der Waals surface area contributed by atoms with Gasteiger partial charge in [-0.05, 0) is 17.4 Å². The number of aromatic amines is 1. The van der Waals surface area contributed by atoms with Crippen molar-refractivity contribution in [3.63, 3.8) is 0 Å². The highest BCUT2D eigenvalue weighted by molar-refractivity contribution is 7.16. The highest BCUT2D eigenvalue weighted by Gasteiger charge is 2.14. The lowest BCUT2D eigenvalue weighted by atomic mass is 10.1. The molecule has 5 heteroatoms. The number of fused-ring (bicyclic) bond motifs is 1. The Morgan fingerprint density at radius 1 is 1.56 bits per heavy atom. The van der Waals surface area contributed by atoms with Gasteiger partial charge in [-0.1, -0.05) is 13.3 Å². The van der Waals surface area contributed by atoms with Crippen LogP contribution in [0.5, 0.6) is 0 Å². The Balaban J connectivity index is 2.75. The largest absolute Gasteiger partial charge is 0.477 e. The van der Waals surface area contributed by atoms with Crippen LogP contribution in [0.1, 0.15) is 29.3 Å². The lowest BCUT2D eigenvalue weighted by molar-refractivity contribution is 0.0695. The zero-order chi connectivity index (χ0) is 11.7. The van der Waals surface area contributed by atoms with E-state index in [4.69, 9.17) is 5.11 Å². The number of pyridine rings is 1. The van der Waals surface area contributed by atoms with E-state index in [9.17, 15) is 9.59 Å². The van der Waals surface area contributed by atoms with Crippen molar-refractivity contribution in [1.82, 2.24) is 4.98 Å². The Kier molecular flexibility index (Phi) is 2.78. The van der Waals surface area contributed by atoms with E-state index in [1.165, 1.54) is 17.5 Å². The predicted octanol–water partition coefficient (Wildman–Crippen LogP) is 2.24. The third kappa shape index (κ3) is 1.63. The fourth-order valence-electron chi connectivity index (χ4n) is 1.70. The summed E-state index contributed by atoms with van der Waals surface area (Å²) in [5.74, 6) is -1.18. The van der Waals surface area contributed by atoms with Gasteiger partial charge in [-0.2, -0.15) is 0 Å². The summed E-state index contributed by atoms with van der Waals surface area (Å²) in [5, 5.41) is 11.3. The molecule has 2 aromatic heterocycles. The number of hydrogen-bond acceptors (Lipinski definition) is 3. The van der Waals surface area contributed by atoms with Gasteiger partial charge in [0.1, 0.15) is 10.4 Å². The first kappa shape index (κ1) is 10.9. The van der Waals surface area contributed by atoms with Gasteiger partial charge in [-0.3, -0.25) is 4.79 Å². The molecule has 4 nitrogen and oxygen atoms in total. The van der Waals surface area contributed by atoms with Crippen LogP contribution in [0, 0.1) is 0 Å². The molecule has 0 unspecified atom stereocenters. The van der Waals surface area contributed by atoms with Crippen molar-refractivity contribution in [1.29, 1.82) is 0 Å². The van der Waals surface area contributed by atoms with Gasteiger partial charge in [0.05, 0.1) is 5.39 Å². The second-order valence-corrected chi connectivity index (χ2v) is 4.43. The lowest BCUT2D eigenvalue weighted by Crippen LogP contribution is -2.15. The van der Waals surface area contributed by atoms with E-state index in [0.29, 0.717) is 5.39 Å². The zero-order valence-electron chi connectivity index (χ0n) is 8.74. The van der Waals surface area contributed by atoms with Gasteiger partial charge >= 0.3 is 5.97 Å². The van der Waals surface area contributed by atoms with Gasteiger partial charge in [-0.15, -0.1) is 11.3 Å². The number of aryl methyl sites for hydroxylation is 1. The molecular weight excluding hydrogens is 226 g/mol. The molecule has 0 atom stereocenters. The Bertz CT molecular complexity index is 597. The molecule has 0 fully saturated rings. The van der Waals surface area contributed by atoms with Gasteiger partial charge in [0, 0.05) is 6.20 Å². The quantitative estimate of drug-likeness (QED) is 0.860. The topological polar surface area (TPSA) is 70.2 Å². The fraction of sp³-hybridized carbons (Fsp3) is 0.273. The van der Waals surface area contributed by atoms with Crippen LogP contribution in [0.2, 0.25) is 0 Å². The van der Waals surface area contributed by atoms with E-state index < -0.39 is 5.97 Å². The lowest BCUT2D eigenvalue weighted by Gasteiger charge is -1.97. The molecule has 0 radical (unpaired) electrons. The van der Waals surface area contributed by atoms with Crippen molar-refractivity contribution in [2.45, 2.75) is 19.8 Å². The normalized spacial score (nSPS) is 10.8. The molecule has 2 aromatic rings. The first-order valence-corrected chi connectivity index (χ1v) is 5.88. The van der Waals surface area contributed by atoms with Gasteiger partial charge in [0.2, 0.25) is 5.43 Å². The molecule has 0 aliphatic carbocycles. The van der Waals surface area contributed by atoms with Crippen molar-refractivity contribution in [2.75, 3.05) is 0 Å². The molecule has 0 aliphatic rings. The van der Waals surface area contributed by atoms with E-state index >= 15 is 0 Å². The summed E-state index contributed by atoms with van der Waals surface area (Å²) in [4.78, 5) is 26.4. The van der Waals surface area contributed by atoms with E-state index in [-0.39, 0.29) is 11.0 Å². The number of aromatic carboxylic acids is 1. The number of carboxylic acids is 1. The molecule has 0 saturated heterocycles. The summed E-state index contributed by atoms with van der Waals surface area (Å²) in [5.41, 5.74) is 0.362. The molecule has 0 aromatic carbocycles. The minimum absolute atomic E-state index is 0.191. The third-order valence-corrected chi connectivity index (χ3v) is 3.40. The van der Waals surface area contributed by atoms with Gasteiger partial charge in [-0.25, -0.2) is 4.79 Å². The summed E-state index contributed by atoms with van der Waals surface area (Å²) in [6.07, 6.45) is 2.99. The number of aromatic nitrogens is 1. The predicted molar refractivity (Wildman–Crippen MR) is 63.4 cm³/mol. The van der Waals surface area contributed by atoms with Crippen LogP contribution in [-0.2, 0) is 6.42 Å². The van der Waals surface area contributed by atoms with Gasteiger partial charge < -0.3 is 10.1 Å². The van der Waals surface area contributed by atoms with E-state index in [2.05, 4.69) is 4.98 Å². The molecule has 2 rings (SSSR count). The summed E-state index contributed by atoms with van der Waals surface area (Å²) < 4.78 is 0. The second-order valence-electron chi connectivity index (χ2n) is 3.55. The highest BCUT2D eigenvalue weighted by Crippen LogP contribution is 2.22. The molecule has 0 bridgehead atoms. The first-order valence-electron chi connectivity index (χ1n) is 5.00. The molecule has 2 heterocycles. The van der Waals surface area contributed by atoms with Crippen molar-refractivity contribution in [2.24, 2.45) is 0 Å². The smallest absolute Gasteiger partial charge is 0.341 e. The summed E-state index contributed by atoms with van der Waals surface area (Å²) in [6.45, 7) is 2.03. The molecule has 16 heavy (non-hydrogen) atoms. The molecule has 0 amide bonds. The van der Waals surface area contributed by atoms with E-state index in [1.807, 2.05) is 12.3 Å². The van der Waals surface area contributed by atoms with Crippen LogP contribution in [0.25, 0.3) is 10.2 Å². The first-order chi connectivity index (χ1) is 7.65. The standard InChI is InChI=1S/C11H11NO3S/c1-2-3-6-5-16-10-8(6)9(13)7(4-12-10)11(14)15/h4-5H,2-3H2,1H3,(H,12,13)(H,14,15). The Morgan fingerprint density at radius 3 is 2.94 bits per heavy atom. The fourth-order valence-corrected chi connectivity index (χ4v) is 2.66. The third-order valence-electron chi connectivity index (χ3n) is 2.44. The van der Waals surface area contributed by atoms with Crippen LogP contribution in [0.4, 0.5) is 0 Å². The molecule has 0 saturated carbocycles. The number of carboxylic acid groups (broad SMARTS) is 1. The average Bonchev–Trinajstić information content (AvgIpc) is 2.63. The number of H-pyrrole nitrogens is 1. The van der Waals surface area contributed by atoms with Crippen LogP contribution in [0.3, 0.4) is 0 Å². The van der Waals surface area contributed by atoms with Crippen LogP contribution in [0.15, 0.2) is 16.4 Å². The maximum Gasteiger partial charge on any atom is 0.341 e. The highest BCUT2D eigenvalue weighted by atomic mass is 32.1. The average molecular weight is 237 g/mol. The van der Waals surface area contributed by atoms with Gasteiger partial charge in [0.15, 0.2) is 0 Å². The number of hydrogen-bond donors (Lipinski definition) is 2. The molecule has 2 N–H and O–H groups in total. The number of carbonyl (C=O) groups is 1. The Hall–Kier alpha value is -1.62. The molecular formula is C11H11NO3S. The van der Waals surface area contributed by atoms with Crippen molar-refractivity contribution in [3.8, 4) is 0 Å². The number of thiophene rings is 1. The minimum atomic E-state index is -1.18. The van der Waals surface area contributed by atoms with Crippen LogP contribution < -0.4 is 5.43 Å².